The normalized spacial score (nSPS) is 11.7. The Morgan fingerprint density at radius 1 is 0.351 bits per heavy atom. The average molecular weight is 543 g/mol. The molecule has 0 aliphatic carbocycles. The first kappa shape index (κ1) is 36.5. The van der Waals surface area contributed by atoms with Gasteiger partial charge in [-0.25, -0.2) is 0 Å². The number of nitrogens with zero attached hydrogens (tertiary/aromatic N) is 1. The van der Waals surface area contributed by atoms with E-state index in [1.165, 1.54) is 0 Å². The average Bonchev–Trinajstić information content (AvgIpc) is 2.89. The SMILES string of the molecule is CNCCOCCOCCOCCOCCOCCOCCOCCOCCOCCOCCN(C)C. The summed E-state index contributed by atoms with van der Waals surface area (Å²) in [5, 5.41) is 3.02. The maximum atomic E-state index is 5.46. The number of ether oxygens (including phenoxy) is 10. The van der Waals surface area contributed by atoms with Crippen LogP contribution in [0.3, 0.4) is 0 Å². The highest BCUT2D eigenvalue weighted by Crippen LogP contribution is 1.86. The Morgan fingerprint density at radius 2 is 0.568 bits per heavy atom. The molecule has 0 unspecified atom stereocenters. The smallest absolute Gasteiger partial charge is 0.0701 e. The van der Waals surface area contributed by atoms with Crippen molar-refractivity contribution in [3.05, 3.63) is 0 Å². The van der Waals surface area contributed by atoms with E-state index in [0.717, 1.165) is 19.7 Å². The highest BCUT2D eigenvalue weighted by atomic mass is 16.6. The molecule has 0 aromatic carbocycles. The van der Waals surface area contributed by atoms with Gasteiger partial charge in [-0.05, 0) is 21.1 Å². The van der Waals surface area contributed by atoms with Gasteiger partial charge in [0.15, 0.2) is 0 Å². The van der Waals surface area contributed by atoms with E-state index < -0.39 is 0 Å². The summed E-state index contributed by atoms with van der Waals surface area (Å²) in [6.07, 6.45) is 0. The molecule has 0 radical (unpaired) electrons. The van der Waals surface area contributed by atoms with Crippen LogP contribution in [0.5, 0.6) is 0 Å². The van der Waals surface area contributed by atoms with E-state index in [4.69, 9.17) is 47.4 Å². The van der Waals surface area contributed by atoms with Crippen LogP contribution in [0.15, 0.2) is 0 Å². The Hall–Kier alpha value is -0.480. The third-order valence-corrected chi connectivity index (χ3v) is 4.53. The Kier molecular flexibility index (Phi) is 33.1. The molecular formula is C25H54N2O10. The first-order valence-electron chi connectivity index (χ1n) is 13.3. The number of likely N-dealkylation sites (N-methyl/N-ethyl adjacent to an activating group) is 2. The number of nitrogens with one attached hydrogen (secondary N) is 1. The van der Waals surface area contributed by atoms with Crippen LogP contribution in [0.4, 0.5) is 0 Å². The Morgan fingerprint density at radius 3 is 0.784 bits per heavy atom. The topological polar surface area (TPSA) is 108 Å². The van der Waals surface area contributed by atoms with E-state index in [-0.39, 0.29) is 0 Å². The molecule has 0 atom stereocenters. The molecule has 0 saturated carbocycles. The van der Waals surface area contributed by atoms with Crippen molar-refractivity contribution >= 4 is 0 Å². The molecule has 0 aromatic heterocycles. The first-order chi connectivity index (χ1) is 18.3. The summed E-state index contributed by atoms with van der Waals surface area (Å²) >= 11 is 0. The molecule has 224 valence electrons. The standard InChI is InChI=1S/C25H54N2O10/c1-26-4-6-28-8-10-30-12-14-32-16-18-34-20-22-36-24-25-37-23-21-35-19-17-33-15-13-31-11-9-29-7-5-27(2)3/h26H,4-25H2,1-3H3. The van der Waals surface area contributed by atoms with Crippen LogP contribution in [0.2, 0.25) is 0 Å². The maximum Gasteiger partial charge on any atom is 0.0701 e. The quantitative estimate of drug-likeness (QED) is 0.112. The van der Waals surface area contributed by atoms with Crippen LogP contribution in [0, 0.1) is 0 Å². The Labute approximate surface area is 224 Å². The van der Waals surface area contributed by atoms with Crippen molar-refractivity contribution < 1.29 is 47.4 Å². The summed E-state index contributed by atoms with van der Waals surface area (Å²) in [4.78, 5) is 2.08. The zero-order valence-corrected chi connectivity index (χ0v) is 23.6. The summed E-state index contributed by atoms with van der Waals surface area (Å²) < 4.78 is 54.4. The molecule has 0 spiro atoms. The molecule has 12 nitrogen and oxygen atoms in total. The van der Waals surface area contributed by atoms with Gasteiger partial charge in [-0.3, -0.25) is 0 Å². The highest BCUT2D eigenvalue weighted by Gasteiger charge is 1.96. The van der Waals surface area contributed by atoms with Gasteiger partial charge in [-0.2, -0.15) is 0 Å². The fourth-order valence-electron chi connectivity index (χ4n) is 2.50. The summed E-state index contributed by atoms with van der Waals surface area (Å²) in [5.41, 5.74) is 0. The van der Waals surface area contributed by atoms with Crippen LogP contribution in [0.25, 0.3) is 0 Å². The van der Waals surface area contributed by atoms with Gasteiger partial charge in [-0.1, -0.05) is 0 Å². The van der Waals surface area contributed by atoms with Crippen LogP contribution in [-0.4, -0.2) is 171 Å². The van der Waals surface area contributed by atoms with Crippen molar-refractivity contribution in [3.63, 3.8) is 0 Å². The molecule has 12 heteroatoms. The molecule has 0 bridgehead atoms. The van der Waals surface area contributed by atoms with Crippen LogP contribution in [-0.2, 0) is 47.4 Å². The summed E-state index contributed by atoms with van der Waals surface area (Å²) in [6.45, 7) is 13.1. The number of hydrogen-bond donors (Lipinski definition) is 1. The van der Waals surface area contributed by atoms with Gasteiger partial charge in [0.25, 0.3) is 0 Å². The van der Waals surface area contributed by atoms with Gasteiger partial charge in [0.1, 0.15) is 0 Å². The predicted molar refractivity (Wildman–Crippen MR) is 141 cm³/mol. The minimum atomic E-state index is 0.527. The largest absolute Gasteiger partial charge is 0.378 e. The van der Waals surface area contributed by atoms with Crippen LogP contribution in [0.1, 0.15) is 0 Å². The third kappa shape index (κ3) is 35.5. The van der Waals surface area contributed by atoms with Crippen molar-refractivity contribution in [2.24, 2.45) is 0 Å². The zero-order valence-electron chi connectivity index (χ0n) is 23.6. The minimum absolute atomic E-state index is 0.527. The lowest BCUT2D eigenvalue weighted by Crippen LogP contribution is -2.19. The maximum absolute atomic E-state index is 5.46. The van der Waals surface area contributed by atoms with Gasteiger partial charge >= 0.3 is 0 Å². The molecule has 0 aliphatic heterocycles. The molecule has 0 rings (SSSR count). The minimum Gasteiger partial charge on any atom is -0.378 e. The first-order valence-corrected chi connectivity index (χ1v) is 13.3. The molecule has 0 aliphatic rings. The summed E-state index contributed by atoms with van der Waals surface area (Å²) in [6, 6.07) is 0. The van der Waals surface area contributed by atoms with Crippen molar-refractivity contribution in [1.29, 1.82) is 0 Å². The second-order valence-electron chi connectivity index (χ2n) is 8.03. The summed E-state index contributed by atoms with van der Waals surface area (Å²) in [7, 11) is 5.94. The molecule has 0 aromatic rings. The molecule has 0 heterocycles. The molecule has 0 amide bonds. The highest BCUT2D eigenvalue weighted by molar-refractivity contribution is 4.41. The monoisotopic (exact) mass is 542 g/mol. The molecule has 37 heavy (non-hydrogen) atoms. The second kappa shape index (κ2) is 33.5. The zero-order chi connectivity index (χ0) is 26.9. The van der Waals surface area contributed by atoms with E-state index in [1.54, 1.807) is 0 Å². The van der Waals surface area contributed by atoms with E-state index in [0.29, 0.717) is 126 Å². The molecule has 1 N–H and O–H groups in total. The predicted octanol–water partition coefficient (Wildman–Crippen LogP) is -0.0666. The van der Waals surface area contributed by atoms with Crippen molar-refractivity contribution in [2.45, 2.75) is 0 Å². The Bertz CT molecular complexity index is 412. The third-order valence-electron chi connectivity index (χ3n) is 4.53. The van der Waals surface area contributed by atoms with E-state index in [1.807, 2.05) is 21.1 Å². The summed E-state index contributed by atoms with van der Waals surface area (Å²) in [5.74, 6) is 0. The van der Waals surface area contributed by atoms with Gasteiger partial charge in [0.05, 0.1) is 132 Å². The van der Waals surface area contributed by atoms with E-state index >= 15 is 0 Å². The second-order valence-corrected chi connectivity index (χ2v) is 8.03. The van der Waals surface area contributed by atoms with Gasteiger partial charge < -0.3 is 57.6 Å². The Balaban J connectivity index is 3.01. The van der Waals surface area contributed by atoms with Gasteiger partial charge in [0.2, 0.25) is 0 Å². The van der Waals surface area contributed by atoms with Gasteiger partial charge in [-0.15, -0.1) is 0 Å². The van der Waals surface area contributed by atoms with Gasteiger partial charge in [0, 0.05) is 13.1 Å². The lowest BCUT2D eigenvalue weighted by Gasteiger charge is -2.10. The lowest BCUT2D eigenvalue weighted by molar-refractivity contribution is -0.0264. The lowest BCUT2D eigenvalue weighted by atomic mass is 10.6. The molecular weight excluding hydrogens is 488 g/mol. The molecule has 0 saturated heterocycles. The van der Waals surface area contributed by atoms with E-state index in [9.17, 15) is 0 Å². The van der Waals surface area contributed by atoms with Crippen molar-refractivity contribution in [1.82, 2.24) is 10.2 Å². The van der Waals surface area contributed by atoms with Crippen LogP contribution >= 0.6 is 0 Å². The van der Waals surface area contributed by atoms with Crippen LogP contribution < -0.4 is 5.32 Å². The van der Waals surface area contributed by atoms with Crippen molar-refractivity contribution in [2.75, 3.05) is 166 Å². The van der Waals surface area contributed by atoms with Crippen molar-refractivity contribution in [3.8, 4) is 0 Å². The fraction of sp³-hybridized carbons (Fsp3) is 1.00. The fourth-order valence-corrected chi connectivity index (χ4v) is 2.50. The molecule has 0 fully saturated rings. The number of rotatable bonds is 33. The number of hydrogen-bond acceptors (Lipinski definition) is 12. The van der Waals surface area contributed by atoms with E-state index in [2.05, 4.69) is 10.2 Å².